The number of amides is 2. The first-order valence-electron chi connectivity index (χ1n) is 7.74. The lowest BCUT2D eigenvalue weighted by Gasteiger charge is -2.36. The highest BCUT2D eigenvalue weighted by Crippen LogP contribution is 2.51. The number of hydrogen-bond donors (Lipinski definition) is 2. The van der Waals surface area contributed by atoms with Crippen LogP contribution in [0.4, 0.5) is 4.79 Å². The van der Waals surface area contributed by atoms with Crippen LogP contribution in [0.1, 0.15) is 52.4 Å². The lowest BCUT2D eigenvalue weighted by atomic mass is 9.92. The number of carbonyl (C=O) groups excluding carboxylic acids is 1. The van der Waals surface area contributed by atoms with E-state index in [1.165, 1.54) is 19.3 Å². The highest BCUT2D eigenvalue weighted by atomic mass is 16.3. The van der Waals surface area contributed by atoms with E-state index in [9.17, 15) is 4.79 Å². The molecule has 0 aromatic heterocycles. The van der Waals surface area contributed by atoms with Crippen LogP contribution in [0.25, 0.3) is 0 Å². The van der Waals surface area contributed by atoms with Gasteiger partial charge >= 0.3 is 6.03 Å². The first kappa shape index (κ1) is 14.6. The Morgan fingerprint density at radius 1 is 1.42 bits per heavy atom. The second-order valence-electron chi connectivity index (χ2n) is 6.53. The van der Waals surface area contributed by atoms with Crippen molar-refractivity contribution in [1.29, 1.82) is 0 Å². The van der Waals surface area contributed by atoms with Gasteiger partial charge in [-0.15, -0.1) is 0 Å². The van der Waals surface area contributed by atoms with Crippen molar-refractivity contribution in [2.45, 2.75) is 58.4 Å². The van der Waals surface area contributed by atoms with Gasteiger partial charge in [-0.3, -0.25) is 0 Å². The fraction of sp³-hybridized carbons (Fsp3) is 0.933. The molecule has 2 fully saturated rings. The SMILES string of the molecule is CC(C)C1(CNC(=O)N2CCCCC2CCO)CC1. The van der Waals surface area contributed by atoms with E-state index in [-0.39, 0.29) is 18.7 Å². The Balaban J connectivity index is 1.84. The molecule has 2 aliphatic rings. The topological polar surface area (TPSA) is 52.6 Å². The first-order chi connectivity index (χ1) is 9.09. The summed E-state index contributed by atoms with van der Waals surface area (Å²) in [4.78, 5) is 14.3. The number of nitrogens with one attached hydrogen (secondary N) is 1. The largest absolute Gasteiger partial charge is 0.396 e. The van der Waals surface area contributed by atoms with E-state index in [1.807, 2.05) is 4.90 Å². The van der Waals surface area contributed by atoms with Gasteiger partial charge in [0.2, 0.25) is 0 Å². The first-order valence-corrected chi connectivity index (χ1v) is 7.74. The number of piperidine rings is 1. The van der Waals surface area contributed by atoms with E-state index < -0.39 is 0 Å². The molecule has 110 valence electrons. The maximum atomic E-state index is 12.3. The average molecular weight is 268 g/mol. The molecule has 1 atom stereocenters. The number of urea groups is 1. The van der Waals surface area contributed by atoms with Crippen LogP contribution in [0.5, 0.6) is 0 Å². The molecule has 2 N–H and O–H groups in total. The van der Waals surface area contributed by atoms with Gasteiger partial charge in [-0.2, -0.15) is 0 Å². The zero-order valence-corrected chi connectivity index (χ0v) is 12.3. The zero-order valence-electron chi connectivity index (χ0n) is 12.3. The van der Waals surface area contributed by atoms with Crippen molar-refractivity contribution in [1.82, 2.24) is 10.2 Å². The lowest BCUT2D eigenvalue weighted by molar-refractivity contribution is 0.129. The van der Waals surface area contributed by atoms with Crippen molar-refractivity contribution in [2.24, 2.45) is 11.3 Å². The summed E-state index contributed by atoms with van der Waals surface area (Å²) in [5, 5.41) is 12.2. The summed E-state index contributed by atoms with van der Waals surface area (Å²) in [6.45, 7) is 6.31. The molecule has 0 aromatic carbocycles. The van der Waals surface area contributed by atoms with Crippen molar-refractivity contribution in [2.75, 3.05) is 19.7 Å². The molecule has 0 bridgehead atoms. The summed E-state index contributed by atoms with van der Waals surface area (Å²) in [7, 11) is 0. The van der Waals surface area contributed by atoms with Gasteiger partial charge in [0.05, 0.1) is 0 Å². The predicted molar refractivity (Wildman–Crippen MR) is 76.0 cm³/mol. The Morgan fingerprint density at radius 3 is 2.74 bits per heavy atom. The highest BCUT2D eigenvalue weighted by molar-refractivity contribution is 5.74. The van der Waals surface area contributed by atoms with Gasteiger partial charge in [-0.1, -0.05) is 13.8 Å². The molecular weight excluding hydrogens is 240 g/mol. The molecule has 1 saturated heterocycles. The van der Waals surface area contributed by atoms with Crippen molar-refractivity contribution in [3.05, 3.63) is 0 Å². The van der Waals surface area contributed by atoms with Crippen molar-refractivity contribution in [3.63, 3.8) is 0 Å². The van der Waals surface area contributed by atoms with Crippen LogP contribution in [0, 0.1) is 11.3 Å². The van der Waals surface area contributed by atoms with E-state index >= 15 is 0 Å². The average Bonchev–Trinajstić information content (AvgIpc) is 3.18. The predicted octanol–water partition coefficient (Wildman–Crippen LogP) is 2.37. The van der Waals surface area contributed by atoms with Crippen molar-refractivity contribution in [3.8, 4) is 0 Å². The second-order valence-corrected chi connectivity index (χ2v) is 6.53. The Labute approximate surface area is 116 Å². The third-order valence-corrected chi connectivity index (χ3v) is 5.06. The van der Waals surface area contributed by atoms with Crippen LogP contribution in [0.3, 0.4) is 0 Å². The zero-order chi connectivity index (χ0) is 13.9. The molecular formula is C15H28N2O2. The third kappa shape index (κ3) is 3.41. The molecule has 0 radical (unpaired) electrons. The summed E-state index contributed by atoms with van der Waals surface area (Å²) in [6.07, 6.45) is 6.48. The number of aliphatic hydroxyl groups is 1. The van der Waals surface area contributed by atoms with E-state index in [2.05, 4.69) is 19.2 Å². The van der Waals surface area contributed by atoms with Crippen LogP contribution in [-0.4, -0.2) is 41.8 Å². The smallest absolute Gasteiger partial charge is 0.317 e. The summed E-state index contributed by atoms with van der Waals surface area (Å²) < 4.78 is 0. The number of hydrogen-bond acceptors (Lipinski definition) is 2. The van der Waals surface area contributed by atoms with Gasteiger partial charge in [0.25, 0.3) is 0 Å². The monoisotopic (exact) mass is 268 g/mol. The minimum absolute atomic E-state index is 0.0741. The van der Waals surface area contributed by atoms with Gasteiger partial charge in [-0.25, -0.2) is 4.79 Å². The normalized spacial score (nSPS) is 25.5. The molecule has 2 rings (SSSR count). The van der Waals surface area contributed by atoms with E-state index in [4.69, 9.17) is 5.11 Å². The molecule has 4 heteroatoms. The Bertz CT molecular complexity index is 311. The maximum Gasteiger partial charge on any atom is 0.317 e. The number of aliphatic hydroxyl groups excluding tert-OH is 1. The van der Waals surface area contributed by atoms with Crippen molar-refractivity contribution < 1.29 is 9.90 Å². The Kier molecular flexibility index (Phi) is 4.71. The molecule has 1 aliphatic carbocycles. The molecule has 1 aliphatic heterocycles. The van der Waals surface area contributed by atoms with Gasteiger partial charge in [-0.05, 0) is 49.9 Å². The molecule has 1 unspecified atom stereocenters. The van der Waals surface area contributed by atoms with Crippen molar-refractivity contribution >= 4 is 6.03 Å². The Morgan fingerprint density at radius 2 is 2.16 bits per heavy atom. The van der Waals surface area contributed by atoms with E-state index in [0.29, 0.717) is 17.8 Å². The quantitative estimate of drug-likeness (QED) is 0.804. The third-order valence-electron chi connectivity index (χ3n) is 5.06. The van der Waals surface area contributed by atoms with Crippen LogP contribution < -0.4 is 5.32 Å². The molecule has 1 saturated carbocycles. The lowest BCUT2D eigenvalue weighted by Crippen LogP contribution is -2.50. The Hall–Kier alpha value is -0.770. The number of carbonyl (C=O) groups is 1. The van der Waals surface area contributed by atoms with Gasteiger partial charge in [0, 0.05) is 25.7 Å². The summed E-state index contributed by atoms with van der Waals surface area (Å²) >= 11 is 0. The van der Waals surface area contributed by atoms with Crippen LogP contribution in [0.2, 0.25) is 0 Å². The minimum atomic E-state index is 0.0741. The number of nitrogens with zero attached hydrogens (tertiary/aromatic N) is 1. The summed E-state index contributed by atoms with van der Waals surface area (Å²) in [6, 6.07) is 0.304. The molecule has 0 spiro atoms. The summed E-state index contributed by atoms with van der Waals surface area (Å²) in [5.41, 5.74) is 0.359. The molecule has 19 heavy (non-hydrogen) atoms. The standard InChI is InChI=1S/C15H28N2O2/c1-12(2)15(7-8-15)11-16-14(19)17-9-4-3-5-13(17)6-10-18/h12-13,18H,3-11H2,1-2H3,(H,16,19). The molecule has 0 aromatic rings. The number of likely N-dealkylation sites (tertiary alicyclic amines) is 1. The second kappa shape index (κ2) is 6.12. The van der Waals surface area contributed by atoms with E-state index in [0.717, 1.165) is 25.9 Å². The van der Waals surface area contributed by atoms with Crippen LogP contribution >= 0.6 is 0 Å². The van der Waals surface area contributed by atoms with Crippen LogP contribution in [0.15, 0.2) is 0 Å². The molecule has 4 nitrogen and oxygen atoms in total. The van der Waals surface area contributed by atoms with E-state index in [1.54, 1.807) is 0 Å². The molecule has 1 heterocycles. The van der Waals surface area contributed by atoms with Gasteiger partial charge in [0.15, 0.2) is 0 Å². The highest BCUT2D eigenvalue weighted by Gasteiger charge is 2.45. The maximum absolute atomic E-state index is 12.3. The summed E-state index contributed by atoms with van der Waals surface area (Å²) in [5.74, 6) is 0.641. The van der Waals surface area contributed by atoms with Gasteiger partial charge < -0.3 is 15.3 Å². The van der Waals surface area contributed by atoms with Gasteiger partial charge in [0.1, 0.15) is 0 Å². The molecule has 2 amide bonds. The number of rotatable bonds is 5. The van der Waals surface area contributed by atoms with Crippen LogP contribution in [-0.2, 0) is 0 Å². The fourth-order valence-electron chi connectivity index (χ4n) is 3.19. The fourth-order valence-corrected chi connectivity index (χ4v) is 3.19. The minimum Gasteiger partial charge on any atom is -0.396 e.